The molecule has 1 aliphatic heterocycles. The highest BCUT2D eigenvalue weighted by molar-refractivity contribution is 5.11. The van der Waals surface area contributed by atoms with E-state index in [1.54, 1.807) is 7.11 Å². The summed E-state index contributed by atoms with van der Waals surface area (Å²) in [4.78, 5) is 0. The van der Waals surface area contributed by atoms with Gasteiger partial charge in [0.1, 0.15) is 0 Å². The largest absolute Gasteiger partial charge is 0.383 e. The minimum Gasteiger partial charge on any atom is -0.383 e. The van der Waals surface area contributed by atoms with Gasteiger partial charge in [0.25, 0.3) is 0 Å². The van der Waals surface area contributed by atoms with Crippen molar-refractivity contribution in [1.29, 1.82) is 0 Å². The van der Waals surface area contributed by atoms with E-state index in [2.05, 4.69) is 10.4 Å². The Balaban J connectivity index is 1.84. The Labute approximate surface area is 102 Å². The van der Waals surface area contributed by atoms with Crippen LogP contribution in [0.25, 0.3) is 0 Å². The quantitative estimate of drug-likeness (QED) is 0.744. The second kappa shape index (κ2) is 6.14. The molecule has 1 fully saturated rings. The Morgan fingerprint density at radius 2 is 2.53 bits per heavy atom. The number of aryl methyl sites for hydroxylation is 1. The zero-order chi connectivity index (χ0) is 12.1. The van der Waals surface area contributed by atoms with Crippen molar-refractivity contribution in [1.82, 2.24) is 15.1 Å². The monoisotopic (exact) mass is 239 g/mol. The molecule has 2 unspecified atom stereocenters. The number of rotatable bonds is 6. The molecule has 0 aromatic carbocycles. The van der Waals surface area contributed by atoms with Crippen molar-refractivity contribution in [3.8, 4) is 0 Å². The number of hydrogen-bond acceptors (Lipinski definition) is 4. The first-order chi connectivity index (χ1) is 8.31. The van der Waals surface area contributed by atoms with E-state index in [1.165, 1.54) is 5.56 Å². The number of methoxy groups -OCH3 is 1. The number of nitrogens with one attached hydrogen (secondary N) is 1. The fourth-order valence-electron chi connectivity index (χ4n) is 2.26. The number of ether oxygens (including phenoxy) is 2. The van der Waals surface area contributed by atoms with Gasteiger partial charge in [0, 0.05) is 51.5 Å². The maximum Gasteiger partial charge on any atom is 0.0896 e. The Kier molecular flexibility index (Phi) is 4.53. The molecule has 0 spiro atoms. The van der Waals surface area contributed by atoms with Gasteiger partial charge >= 0.3 is 0 Å². The van der Waals surface area contributed by atoms with Crippen molar-refractivity contribution in [2.75, 3.05) is 33.4 Å². The van der Waals surface area contributed by atoms with Gasteiger partial charge in [-0.3, -0.25) is 4.68 Å². The molecule has 1 aromatic heterocycles. The Morgan fingerprint density at radius 1 is 1.65 bits per heavy atom. The maximum atomic E-state index is 5.80. The third-order valence-corrected chi connectivity index (χ3v) is 3.16. The summed E-state index contributed by atoms with van der Waals surface area (Å²) in [5, 5.41) is 7.60. The molecule has 1 saturated heterocycles. The van der Waals surface area contributed by atoms with Crippen LogP contribution in [-0.2, 0) is 16.5 Å². The second-order valence-electron chi connectivity index (χ2n) is 4.48. The van der Waals surface area contributed by atoms with Gasteiger partial charge in [0.15, 0.2) is 0 Å². The summed E-state index contributed by atoms with van der Waals surface area (Å²) in [6, 6.07) is 0. The van der Waals surface area contributed by atoms with E-state index in [9.17, 15) is 0 Å². The summed E-state index contributed by atoms with van der Waals surface area (Å²) in [7, 11) is 3.66. The Hall–Kier alpha value is -0.910. The molecule has 2 rings (SSSR count). The van der Waals surface area contributed by atoms with E-state index < -0.39 is 0 Å². The lowest BCUT2D eigenvalue weighted by atomic mass is 9.97. The van der Waals surface area contributed by atoms with Crippen LogP contribution in [0.3, 0.4) is 0 Å². The van der Waals surface area contributed by atoms with Gasteiger partial charge in [-0.2, -0.15) is 5.10 Å². The van der Waals surface area contributed by atoms with Gasteiger partial charge in [-0.05, 0) is 6.42 Å². The fourth-order valence-corrected chi connectivity index (χ4v) is 2.26. The third kappa shape index (κ3) is 3.28. The average Bonchev–Trinajstić information content (AvgIpc) is 2.93. The predicted molar refractivity (Wildman–Crippen MR) is 64.8 cm³/mol. The van der Waals surface area contributed by atoms with Crippen molar-refractivity contribution in [2.24, 2.45) is 13.0 Å². The van der Waals surface area contributed by atoms with E-state index in [0.717, 1.165) is 32.7 Å². The van der Waals surface area contributed by atoms with E-state index in [1.807, 2.05) is 24.1 Å². The smallest absolute Gasteiger partial charge is 0.0896 e. The molecule has 96 valence electrons. The average molecular weight is 239 g/mol. The highest BCUT2D eigenvalue weighted by Crippen LogP contribution is 2.33. The molecular formula is C12H21N3O2. The number of aromatic nitrogens is 2. The number of nitrogens with zero attached hydrogens (tertiary/aromatic N) is 2. The summed E-state index contributed by atoms with van der Waals surface area (Å²) in [5.74, 6) is 0.538. The van der Waals surface area contributed by atoms with Crippen LogP contribution in [-0.4, -0.2) is 43.2 Å². The predicted octanol–water partition coefficient (Wildman–Crippen LogP) is 0.734. The molecular weight excluding hydrogens is 218 g/mol. The molecule has 5 heteroatoms. The molecule has 1 N–H and O–H groups in total. The topological polar surface area (TPSA) is 48.3 Å². The van der Waals surface area contributed by atoms with Crippen LogP contribution in [0.5, 0.6) is 0 Å². The molecule has 2 atom stereocenters. The molecule has 5 nitrogen and oxygen atoms in total. The molecule has 1 aliphatic rings. The van der Waals surface area contributed by atoms with Crippen LogP contribution in [0.4, 0.5) is 0 Å². The normalized spacial score (nSPS) is 24.4. The molecule has 1 aromatic rings. The van der Waals surface area contributed by atoms with Crippen LogP contribution in [0.15, 0.2) is 12.4 Å². The van der Waals surface area contributed by atoms with Gasteiger partial charge in [0.05, 0.1) is 18.9 Å². The molecule has 0 saturated carbocycles. The van der Waals surface area contributed by atoms with Crippen molar-refractivity contribution < 1.29 is 9.47 Å². The zero-order valence-electron chi connectivity index (χ0n) is 10.6. The van der Waals surface area contributed by atoms with Gasteiger partial charge in [-0.1, -0.05) is 0 Å². The fraction of sp³-hybridized carbons (Fsp3) is 0.750. The molecule has 0 aliphatic carbocycles. The van der Waals surface area contributed by atoms with E-state index in [4.69, 9.17) is 9.47 Å². The molecule has 2 heterocycles. The van der Waals surface area contributed by atoms with Crippen molar-refractivity contribution in [2.45, 2.75) is 12.5 Å². The summed E-state index contributed by atoms with van der Waals surface area (Å²) in [6.45, 7) is 3.47. The SMILES string of the molecule is COCCNCC1CCOC1c1cnn(C)c1. The highest BCUT2D eigenvalue weighted by atomic mass is 16.5. The minimum atomic E-state index is 0.193. The van der Waals surface area contributed by atoms with Crippen molar-refractivity contribution in [3.63, 3.8) is 0 Å². The van der Waals surface area contributed by atoms with E-state index in [-0.39, 0.29) is 6.10 Å². The van der Waals surface area contributed by atoms with E-state index in [0.29, 0.717) is 5.92 Å². The van der Waals surface area contributed by atoms with Crippen LogP contribution in [0, 0.1) is 5.92 Å². The molecule has 0 bridgehead atoms. The zero-order valence-corrected chi connectivity index (χ0v) is 10.6. The van der Waals surface area contributed by atoms with E-state index >= 15 is 0 Å². The standard InChI is InChI=1S/C12H21N3O2/c1-15-9-11(8-14-15)12-10(3-5-17-12)7-13-4-6-16-2/h8-10,12-13H,3-7H2,1-2H3. The second-order valence-corrected chi connectivity index (χ2v) is 4.48. The van der Waals surface area contributed by atoms with Gasteiger partial charge < -0.3 is 14.8 Å². The Bertz CT molecular complexity index is 340. The first-order valence-electron chi connectivity index (χ1n) is 6.11. The van der Waals surface area contributed by atoms with Gasteiger partial charge in [-0.15, -0.1) is 0 Å². The number of hydrogen-bond donors (Lipinski definition) is 1. The first-order valence-corrected chi connectivity index (χ1v) is 6.11. The molecule has 0 amide bonds. The molecule has 17 heavy (non-hydrogen) atoms. The van der Waals surface area contributed by atoms with Crippen LogP contribution >= 0.6 is 0 Å². The van der Waals surface area contributed by atoms with Crippen LogP contribution < -0.4 is 5.32 Å². The molecule has 0 radical (unpaired) electrons. The minimum absolute atomic E-state index is 0.193. The summed E-state index contributed by atoms with van der Waals surface area (Å²) < 4.78 is 12.6. The van der Waals surface area contributed by atoms with Gasteiger partial charge in [-0.25, -0.2) is 0 Å². The lowest BCUT2D eigenvalue weighted by Crippen LogP contribution is -2.27. The van der Waals surface area contributed by atoms with Crippen LogP contribution in [0.2, 0.25) is 0 Å². The lowest BCUT2D eigenvalue weighted by molar-refractivity contribution is 0.0898. The van der Waals surface area contributed by atoms with Crippen molar-refractivity contribution >= 4 is 0 Å². The first kappa shape index (κ1) is 12.5. The van der Waals surface area contributed by atoms with Gasteiger partial charge in [0.2, 0.25) is 0 Å². The van der Waals surface area contributed by atoms with Crippen molar-refractivity contribution in [3.05, 3.63) is 18.0 Å². The third-order valence-electron chi connectivity index (χ3n) is 3.16. The summed E-state index contributed by atoms with van der Waals surface area (Å²) in [6.07, 6.45) is 5.24. The maximum absolute atomic E-state index is 5.80. The van der Waals surface area contributed by atoms with Crippen LogP contribution in [0.1, 0.15) is 18.1 Å². The lowest BCUT2D eigenvalue weighted by Gasteiger charge is -2.17. The summed E-state index contributed by atoms with van der Waals surface area (Å²) >= 11 is 0. The Morgan fingerprint density at radius 3 is 3.24 bits per heavy atom. The summed E-state index contributed by atoms with van der Waals surface area (Å²) in [5.41, 5.74) is 1.18. The highest BCUT2D eigenvalue weighted by Gasteiger charge is 2.29.